The van der Waals surface area contributed by atoms with Crippen LogP contribution in [0.1, 0.15) is 44.7 Å². The van der Waals surface area contributed by atoms with Crippen molar-refractivity contribution in [1.82, 2.24) is 0 Å². The molecule has 67 heavy (non-hydrogen) atoms. The molecule has 0 N–H and O–H groups in total. The van der Waals surface area contributed by atoms with Gasteiger partial charge in [0.05, 0.1) is 11.1 Å². The van der Waals surface area contributed by atoms with E-state index in [-0.39, 0.29) is 0 Å². The largest absolute Gasteiger partial charge is 0.310 e. The van der Waals surface area contributed by atoms with Crippen LogP contribution in [0, 0.1) is 0 Å². The molecule has 1 nitrogen and oxygen atoms in total. The van der Waals surface area contributed by atoms with Crippen LogP contribution >= 0.6 is 11.3 Å². The number of fused-ring (bicyclic) bond motifs is 7. The van der Waals surface area contributed by atoms with Gasteiger partial charge in [-0.3, -0.25) is 0 Å². The zero-order valence-corrected chi connectivity index (χ0v) is 37.8. The summed E-state index contributed by atoms with van der Waals surface area (Å²) in [5.74, 6) is 0. The van der Waals surface area contributed by atoms with Crippen LogP contribution in [0.15, 0.2) is 249 Å². The molecule has 1 heterocycles. The molecule has 0 spiro atoms. The first kappa shape index (κ1) is 39.3. The molecule has 10 aromatic carbocycles. The minimum absolute atomic E-state index is 0.537. The Morgan fingerprint density at radius 1 is 0.403 bits per heavy atom. The summed E-state index contributed by atoms with van der Waals surface area (Å²) >= 11 is 1.93. The van der Waals surface area contributed by atoms with Crippen molar-refractivity contribution in [2.75, 3.05) is 4.90 Å². The third kappa shape index (κ3) is 6.43. The number of nitrogens with zero attached hydrogens (tertiary/aromatic N) is 1. The first-order chi connectivity index (χ1) is 33.2. The van der Waals surface area contributed by atoms with Crippen LogP contribution < -0.4 is 4.90 Å². The van der Waals surface area contributed by atoms with E-state index in [1.54, 1.807) is 0 Å². The molecular formula is C65H45NS. The van der Waals surface area contributed by atoms with E-state index in [0.717, 1.165) is 29.9 Å². The zero-order valence-electron chi connectivity index (χ0n) is 36.9. The molecule has 0 unspecified atom stereocenters. The summed E-state index contributed by atoms with van der Waals surface area (Å²) in [6.07, 6.45) is 4.58. The fraction of sp³-hybridized carbons (Fsp3) is 0.0462. The maximum atomic E-state index is 2.51. The zero-order chi connectivity index (χ0) is 44.3. The smallest absolute Gasteiger partial charge is 0.0714 e. The van der Waals surface area contributed by atoms with E-state index in [9.17, 15) is 0 Å². The van der Waals surface area contributed by atoms with E-state index in [1.165, 1.54) is 98.1 Å². The SMILES string of the molecule is C1=C(c2ccc(N(c3ccc4c(c3)C(c3ccccc3)(c3ccccc3)c3ccccc3-4)c3cc(-c4ccc5ccccc5c4)ccc3-c3ccccc3)cc2)c2sc3ccccc3c2CC1. The Labute approximate surface area is 396 Å². The Morgan fingerprint density at radius 3 is 1.79 bits per heavy atom. The van der Waals surface area contributed by atoms with Crippen molar-refractivity contribution in [3.05, 3.63) is 287 Å². The van der Waals surface area contributed by atoms with Crippen molar-refractivity contribution in [3.8, 4) is 33.4 Å². The predicted octanol–water partition coefficient (Wildman–Crippen LogP) is 17.6. The second kappa shape index (κ2) is 16.1. The molecule has 0 radical (unpaired) electrons. The molecular weight excluding hydrogens is 827 g/mol. The monoisotopic (exact) mass is 871 g/mol. The Kier molecular flexibility index (Phi) is 9.47. The Bertz CT molecular complexity index is 3640. The van der Waals surface area contributed by atoms with Gasteiger partial charge in [-0.1, -0.05) is 206 Å². The highest BCUT2D eigenvalue weighted by atomic mass is 32.1. The molecule has 0 bridgehead atoms. The van der Waals surface area contributed by atoms with Gasteiger partial charge in [0.15, 0.2) is 0 Å². The predicted molar refractivity (Wildman–Crippen MR) is 284 cm³/mol. The lowest BCUT2D eigenvalue weighted by molar-refractivity contribution is 0.768. The minimum atomic E-state index is -0.537. The number of hydrogen-bond acceptors (Lipinski definition) is 2. The summed E-state index contributed by atoms with van der Waals surface area (Å²) in [7, 11) is 0. The fourth-order valence-corrected chi connectivity index (χ4v) is 12.5. The maximum absolute atomic E-state index is 2.51. The minimum Gasteiger partial charge on any atom is -0.310 e. The molecule has 2 heteroatoms. The first-order valence-electron chi connectivity index (χ1n) is 23.4. The normalized spacial score (nSPS) is 13.5. The molecule has 0 amide bonds. The van der Waals surface area contributed by atoms with E-state index in [4.69, 9.17) is 0 Å². The van der Waals surface area contributed by atoms with Crippen molar-refractivity contribution < 1.29 is 0 Å². The van der Waals surface area contributed by atoms with Gasteiger partial charge < -0.3 is 4.90 Å². The van der Waals surface area contributed by atoms with Crippen LogP contribution in [0.5, 0.6) is 0 Å². The molecule has 0 saturated heterocycles. The van der Waals surface area contributed by atoms with E-state index in [1.807, 2.05) is 11.3 Å². The summed E-state index contributed by atoms with van der Waals surface area (Å²) in [5.41, 5.74) is 19.2. The Morgan fingerprint density at radius 2 is 1.00 bits per heavy atom. The topological polar surface area (TPSA) is 3.24 Å². The van der Waals surface area contributed by atoms with Crippen molar-refractivity contribution >= 4 is 54.8 Å². The maximum Gasteiger partial charge on any atom is 0.0714 e. The molecule has 0 atom stereocenters. The van der Waals surface area contributed by atoms with Crippen LogP contribution in [-0.2, 0) is 11.8 Å². The van der Waals surface area contributed by atoms with E-state index in [0.29, 0.717) is 0 Å². The third-order valence-electron chi connectivity index (χ3n) is 14.2. The van der Waals surface area contributed by atoms with Crippen LogP contribution in [-0.4, -0.2) is 0 Å². The molecule has 13 rings (SSSR count). The number of anilines is 3. The molecule has 1 aromatic heterocycles. The van der Waals surface area contributed by atoms with Gasteiger partial charge in [-0.15, -0.1) is 11.3 Å². The van der Waals surface area contributed by atoms with Gasteiger partial charge in [-0.05, 0) is 138 Å². The van der Waals surface area contributed by atoms with Crippen LogP contribution in [0.2, 0.25) is 0 Å². The summed E-state index contributed by atoms with van der Waals surface area (Å²) in [6, 6.07) is 90.2. The van der Waals surface area contributed by atoms with Gasteiger partial charge in [-0.25, -0.2) is 0 Å². The van der Waals surface area contributed by atoms with Crippen molar-refractivity contribution in [2.45, 2.75) is 18.3 Å². The van der Waals surface area contributed by atoms with Crippen LogP contribution in [0.3, 0.4) is 0 Å². The van der Waals surface area contributed by atoms with Gasteiger partial charge in [0.25, 0.3) is 0 Å². The van der Waals surface area contributed by atoms with Crippen LogP contribution in [0.25, 0.3) is 59.8 Å². The van der Waals surface area contributed by atoms with Gasteiger partial charge in [0.1, 0.15) is 0 Å². The molecule has 2 aliphatic rings. The summed E-state index contributed by atoms with van der Waals surface area (Å²) < 4.78 is 1.36. The number of aryl methyl sites for hydroxylation is 1. The number of benzene rings is 10. The van der Waals surface area contributed by atoms with E-state index < -0.39 is 5.41 Å². The van der Waals surface area contributed by atoms with Gasteiger partial charge >= 0.3 is 0 Å². The molecule has 0 aliphatic heterocycles. The average molecular weight is 872 g/mol. The quantitative estimate of drug-likeness (QED) is 0.147. The number of allylic oxidation sites excluding steroid dienone is 1. The van der Waals surface area contributed by atoms with Gasteiger partial charge in [-0.2, -0.15) is 0 Å². The molecule has 0 saturated carbocycles. The lowest BCUT2D eigenvalue weighted by Gasteiger charge is -2.35. The van der Waals surface area contributed by atoms with Crippen molar-refractivity contribution in [3.63, 3.8) is 0 Å². The number of rotatable bonds is 8. The first-order valence-corrected chi connectivity index (χ1v) is 24.2. The number of hydrogen-bond donors (Lipinski definition) is 0. The number of thiophene rings is 1. The Balaban J connectivity index is 1.05. The van der Waals surface area contributed by atoms with Crippen molar-refractivity contribution in [2.24, 2.45) is 0 Å². The second-order valence-electron chi connectivity index (χ2n) is 17.9. The highest BCUT2D eigenvalue weighted by molar-refractivity contribution is 7.20. The van der Waals surface area contributed by atoms with E-state index in [2.05, 4.69) is 254 Å². The summed E-state index contributed by atoms with van der Waals surface area (Å²) in [4.78, 5) is 3.92. The summed E-state index contributed by atoms with van der Waals surface area (Å²) in [5, 5.41) is 3.87. The fourth-order valence-electron chi connectivity index (χ4n) is 11.2. The molecule has 11 aromatic rings. The highest BCUT2D eigenvalue weighted by Crippen LogP contribution is 2.57. The lowest BCUT2D eigenvalue weighted by atomic mass is 9.67. The third-order valence-corrected chi connectivity index (χ3v) is 15.5. The summed E-state index contributed by atoms with van der Waals surface area (Å²) in [6.45, 7) is 0. The molecule has 316 valence electrons. The second-order valence-corrected chi connectivity index (χ2v) is 18.9. The van der Waals surface area contributed by atoms with Crippen molar-refractivity contribution in [1.29, 1.82) is 0 Å². The molecule has 0 fully saturated rings. The highest BCUT2D eigenvalue weighted by Gasteiger charge is 2.46. The standard InChI is InChI=1S/C65H45NS/c1-4-18-45(19-5-1)54-39-35-49(48-32-31-44-17-10-11-20-47(44)41-48)42-62(54)66(52-36-33-46(34-37-52)55-27-16-28-59-58-26-13-15-30-63(58)67-64(55)59)53-38-40-57-56-25-12-14-29-60(56)65(61(57)43-53,50-21-6-2-7-22-50)51-23-8-3-9-24-51/h1-15,17-27,29-43H,16,28H2. The lowest BCUT2D eigenvalue weighted by Crippen LogP contribution is -2.28. The average Bonchev–Trinajstić information content (AvgIpc) is 3.93. The molecule has 2 aliphatic carbocycles. The van der Waals surface area contributed by atoms with E-state index >= 15 is 0 Å². The Hall–Kier alpha value is -8.04. The van der Waals surface area contributed by atoms with Gasteiger partial charge in [0, 0.05) is 26.5 Å². The van der Waals surface area contributed by atoms with Crippen LogP contribution in [0.4, 0.5) is 17.1 Å². The van der Waals surface area contributed by atoms with Gasteiger partial charge in [0.2, 0.25) is 0 Å².